The lowest BCUT2D eigenvalue weighted by Crippen LogP contribution is -2.54. The van der Waals surface area contributed by atoms with Crippen LogP contribution in [0.3, 0.4) is 0 Å². The van der Waals surface area contributed by atoms with Gasteiger partial charge in [0.05, 0.1) is 25.2 Å². The molecule has 0 aromatic heterocycles. The van der Waals surface area contributed by atoms with Gasteiger partial charge in [-0.25, -0.2) is 0 Å². The first-order valence-electron chi connectivity index (χ1n) is 7.18. The Balaban J connectivity index is 1.64. The van der Waals surface area contributed by atoms with Crippen LogP contribution in [0.4, 0.5) is 0 Å². The number of benzene rings is 1. The first kappa shape index (κ1) is 13.1. The standard InChI is InChI=1S/C16H23NO2/c1-17(9-16(10-18)11-19-12-16)15-7-6-13-4-2-3-5-14(13)8-15/h2-5,15,18H,6-12H2,1H3. The number of aliphatic hydroxyl groups excluding tert-OH is 1. The van der Waals surface area contributed by atoms with E-state index >= 15 is 0 Å². The van der Waals surface area contributed by atoms with Crippen LogP contribution in [0.1, 0.15) is 17.5 Å². The molecule has 1 aromatic carbocycles. The molecule has 1 aliphatic heterocycles. The number of nitrogens with zero attached hydrogens (tertiary/aromatic N) is 1. The number of fused-ring (bicyclic) bond motifs is 1. The highest BCUT2D eigenvalue weighted by Crippen LogP contribution is 2.30. The molecule has 3 nitrogen and oxygen atoms in total. The Bertz CT molecular complexity index is 437. The molecule has 1 aliphatic carbocycles. The van der Waals surface area contributed by atoms with Crippen molar-refractivity contribution in [1.82, 2.24) is 4.90 Å². The molecule has 0 radical (unpaired) electrons. The van der Waals surface area contributed by atoms with Crippen molar-refractivity contribution >= 4 is 0 Å². The van der Waals surface area contributed by atoms with Gasteiger partial charge in [0.1, 0.15) is 0 Å². The molecule has 0 bridgehead atoms. The van der Waals surface area contributed by atoms with E-state index in [0.717, 1.165) is 13.0 Å². The molecule has 19 heavy (non-hydrogen) atoms. The van der Waals surface area contributed by atoms with Gasteiger partial charge in [0.2, 0.25) is 0 Å². The van der Waals surface area contributed by atoms with Crippen LogP contribution in [0.15, 0.2) is 24.3 Å². The quantitative estimate of drug-likeness (QED) is 0.891. The van der Waals surface area contributed by atoms with Gasteiger partial charge in [0.25, 0.3) is 0 Å². The summed E-state index contributed by atoms with van der Waals surface area (Å²) in [6.45, 7) is 2.59. The summed E-state index contributed by atoms with van der Waals surface area (Å²) in [5.41, 5.74) is 3.00. The molecule has 1 heterocycles. The minimum Gasteiger partial charge on any atom is -0.396 e. The zero-order valence-corrected chi connectivity index (χ0v) is 11.6. The summed E-state index contributed by atoms with van der Waals surface area (Å²) in [7, 11) is 2.19. The van der Waals surface area contributed by atoms with Gasteiger partial charge in [0.15, 0.2) is 0 Å². The van der Waals surface area contributed by atoms with Crippen molar-refractivity contribution in [1.29, 1.82) is 0 Å². The molecule has 104 valence electrons. The van der Waals surface area contributed by atoms with Crippen LogP contribution in [0.25, 0.3) is 0 Å². The second-order valence-electron chi connectivity index (χ2n) is 6.23. The molecule has 1 aromatic rings. The fourth-order valence-corrected chi connectivity index (χ4v) is 3.34. The predicted molar refractivity (Wildman–Crippen MR) is 75.2 cm³/mol. The fourth-order valence-electron chi connectivity index (χ4n) is 3.34. The number of likely N-dealkylation sites (N-methyl/N-ethyl adjacent to an activating group) is 1. The van der Waals surface area contributed by atoms with Crippen molar-refractivity contribution < 1.29 is 9.84 Å². The van der Waals surface area contributed by atoms with Gasteiger partial charge in [-0.3, -0.25) is 0 Å². The van der Waals surface area contributed by atoms with Gasteiger partial charge in [-0.1, -0.05) is 24.3 Å². The third kappa shape index (κ3) is 2.55. The first-order chi connectivity index (χ1) is 9.22. The zero-order chi connectivity index (χ0) is 13.3. The lowest BCUT2D eigenvalue weighted by atomic mass is 9.83. The Morgan fingerprint density at radius 2 is 2.05 bits per heavy atom. The summed E-state index contributed by atoms with van der Waals surface area (Å²) in [6, 6.07) is 9.37. The van der Waals surface area contributed by atoms with Crippen LogP contribution >= 0.6 is 0 Å². The van der Waals surface area contributed by atoms with E-state index in [1.807, 2.05) is 0 Å². The Labute approximate surface area is 115 Å². The molecular weight excluding hydrogens is 238 g/mol. The SMILES string of the molecule is CN(CC1(CO)COC1)C1CCc2ccccc2C1. The van der Waals surface area contributed by atoms with Crippen LogP contribution in [-0.2, 0) is 17.6 Å². The van der Waals surface area contributed by atoms with Crippen LogP contribution in [0, 0.1) is 5.41 Å². The summed E-state index contributed by atoms with van der Waals surface area (Å²) < 4.78 is 5.29. The topological polar surface area (TPSA) is 32.7 Å². The number of hydrogen-bond donors (Lipinski definition) is 1. The van der Waals surface area contributed by atoms with Crippen LogP contribution < -0.4 is 0 Å². The average Bonchev–Trinajstić information content (AvgIpc) is 2.42. The molecule has 1 atom stereocenters. The molecule has 1 saturated heterocycles. The molecular formula is C16H23NO2. The normalized spacial score (nSPS) is 24.9. The molecule has 2 aliphatic rings. The number of ether oxygens (including phenoxy) is 1. The predicted octanol–water partition coefficient (Wildman–Crippen LogP) is 1.48. The molecule has 1 N–H and O–H groups in total. The Morgan fingerprint density at radius 1 is 1.32 bits per heavy atom. The zero-order valence-electron chi connectivity index (χ0n) is 11.6. The van der Waals surface area contributed by atoms with E-state index in [-0.39, 0.29) is 12.0 Å². The maximum absolute atomic E-state index is 9.53. The molecule has 3 heteroatoms. The van der Waals surface area contributed by atoms with Gasteiger partial charge in [-0.15, -0.1) is 0 Å². The largest absolute Gasteiger partial charge is 0.396 e. The van der Waals surface area contributed by atoms with E-state index in [2.05, 4.69) is 36.2 Å². The minimum absolute atomic E-state index is 0.00822. The van der Waals surface area contributed by atoms with E-state index < -0.39 is 0 Å². The number of aliphatic hydroxyl groups is 1. The highest BCUT2D eigenvalue weighted by atomic mass is 16.5. The molecule has 0 saturated carbocycles. The molecule has 1 unspecified atom stereocenters. The Morgan fingerprint density at radius 3 is 2.68 bits per heavy atom. The molecule has 0 spiro atoms. The van der Waals surface area contributed by atoms with Crippen molar-refractivity contribution in [2.45, 2.75) is 25.3 Å². The number of aryl methyl sites for hydroxylation is 1. The average molecular weight is 261 g/mol. The van der Waals surface area contributed by atoms with Crippen molar-refractivity contribution in [3.63, 3.8) is 0 Å². The van der Waals surface area contributed by atoms with Crippen molar-refractivity contribution in [3.05, 3.63) is 35.4 Å². The fraction of sp³-hybridized carbons (Fsp3) is 0.625. The summed E-state index contributed by atoms with van der Waals surface area (Å²) in [5.74, 6) is 0. The van der Waals surface area contributed by atoms with Crippen molar-refractivity contribution in [3.8, 4) is 0 Å². The van der Waals surface area contributed by atoms with Crippen LogP contribution in [0.5, 0.6) is 0 Å². The van der Waals surface area contributed by atoms with Gasteiger partial charge in [0, 0.05) is 12.6 Å². The minimum atomic E-state index is -0.00822. The summed E-state index contributed by atoms with van der Waals surface area (Å²) in [4.78, 5) is 2.43. The lowest BCUT2D eigenvalue weighted by molar-refractivity contribution is -0.149. The highest BCUT2D eigenvalue weighted by molar-refractivity contribution is 5.30. The van der Waals surface area contributed by atoms with Crippen molar-refractivity contribution in [2.75, 3.05) is 33.4 Å². The van der Waals surface area contributed by atoms with Gasteiger partial charge < -0.3 is 14.7 Å². The van der Waals surface area contributed by atoms with Gasteiger partial charge >= 0.3 is 0 Å². The van der Waals surface area contributed by atoms with E-state index in [1.54, 1.807) is 0 Å². The van der Waals surface area contributed by atoms with E-state index in [0.29, 0.717) is 19.3 Å². The third-order valence-corrected chi connectivity index (χ3v) is 4.68. The molecule has 3 rings (SSSR count). The van der Waals surface area contributed by atoms with E-state index in [9.17, 15) is 5.11 Å². The van der Waals surface area contributed by atoms with Crippen molar-refractivity contribution in [2.24, 2.45) is 5.41 Å². The van der Waals surface area contributed by atoms with Gasteiger partial charge in [-0.2, -0.15) is 0 Å². The summed E-state index contributed by atoms with van der Waals surface area (Å²) in [6.07, 6.45) is 3.53. The second-order valence-corrected chi connectivity index (χ2v) is 6.23. The third-order valence-electron chi connectivity index (χ3n) is 4.68. The van der Waals surface area contributed by atoms with Gasteiger partial charge in [-0.05, 0) is 37.4 Å². The maximum atomic E-state index is 9.53. The first-order valence-corrected chi connectivity index (χ1v) is 7.18. The number of rotatable bonds is 4. The molecule has 1 fully saturated rings. The molecule has 0 amide bonds. The van der Waals surface area contributed by atoms with E-state index in [4.69, 9.17) is 4.74 Å². The highest BCUT2D eigenvalue weighted by Gasteiger charge is 2.40. The smallest absolute Gasteiger partial charge is 0.0579 e. The Kier molecular flexibility index (Phi) is 3.61. The van der Waals surface area contributed by atoms with E-state index in [1.165, 1.54) is 24.0 Å². The van der Waals surface area contributed by atoms with Crippen LogP contribution in [0.2, 0.25) is 0 Å². The number of hydrogen-bond acceptors (Lipinski definition) is 3. The second kappa shape index (κ2) is 5.23. The summed E-state index contributed by atoms with van der Waals surface area (Å²) >= 11 is 0. The lowest BCUT2D eigenvalue weighted by Gasteiger charge is -2.45. The van der Waals surface area contributed by atoms with Crippen LogP contribution in [-0.4, -0.2) is 49.5 Å². The summed E-state index contributed by atoms with van der Waals surface area (Å²) in [5, 5.41) is 9.53. The Hall–Kier alpha value is -0.900. The monoisotopic (exact) mass is 261 g/mol. The maximum Gasteiger partial charge on any atom is 0.0579 e.